The van der Waals surface area contributed by atoms with Gasteiger partial charge in [0.05, 0.1) is 11.4 Å². The highest BCUT2D eigenvalue weighted by Gasteiger charge is 2.37. The van der Waals surface area contributed by atoms with Crippen molar-refractivity contribution in [1.29, 1.82) is 0 Å². The van der Waals surface area contributed by atoms with E-state index in [4.69, 9.17) is 0 Å². The first-order valence-corrected chi connectivity index (χ1v) is 16.8. The number of nitrogens with zero attached hydrogens (tertiary/aromatic N) is 1. The molecular formula is C46H41N. The summed E-state index contributed by atoms with van der Waals surface area (Å²) in [6, 6.07) is 52.0. The molecule has 1 aliphatic carbocycles. The Morgan fingerprint density at radius 1 is 0.511 bits per heavy atom. The fourth-order valence-electron chi connectivity index (χ4n) is 7.91. The Bertz CT molecular complexity index is 2330. The normalized spacial score (nSPS) is 13.5. The summed E-state index contributed by atoms with van der Waals surface area (Å²) >= 11 is 0. The number of aryl methyl sites for hydroxylation is 1. The molecule has 0 atom stereocenters. The Morgan fingerprint density at radius 2 is 1.17 bits per heavy atom. The molecule has 0 N–H and O–H groups in total. The summed E-state index contributed by atoms with van der Waals surface area (Å²) in [4.78, 5) is 2.52. The van der Waals surface area contributed by atoms with Crippen molar-refractivity contribution >= 4 is 38.6 Å². The molecule has 0 heterocycles. The van der Waals surface area contributed by atoms with Crippen LogP contribution in [0, 0.1) is 6.92 Å². The summed E-state index contributed by atoms with van der Waals surface area (Å²) < 4.78 is 0. The molecule has 1 nitrogen and oxygen atoms in total. The zero-order valence-corrected chi connectivity index (χ0v) is 28.2. The van der Waals surface area contributed by atoms with Crippen LogP contribution in [0.2, 0.25) is 0 Å². The lowest BCUT2D eigenvalue weighted by atomic mass is 9.81. The molecule has 47 heavy (non-hydrogen) atoms. The number of fused-ring (bicyclic) bond motifs is 5. The highest BCUT2D eigenvalue weighted by molar-refractivity contribution is 6.04. The van der Waals surface area contributed by atoms with Crippen LogP contribution in [0.3, 0.4) is 0 Å². The van der Waals surface area contributed by atoms with E-state index in [9.17, 15) is 0 Å². The number of rotatable bonds is 4. The zero-order valence-electron chi connectivity index (χ0n) is 28.2. The fraction of sp³-hybridized carbons (Fsp3) is 0.174. The van der Waals surface area contributed by atoms with Gasteiger partial charge >= 0.3 is 0 Å². The zero-order chi connectivity index (χ0) is 32.5. The molecule has 0 aliphatic heterocycles. The molecule has 8 rings (SSSR count). The molecular weight excluding hydrogens is 567 g/mol. The number of benzene rings is 7. The van der Waals surface area contributed by atoms with Gasteiger partial charge in [-0.1, -0.05) is 144 Å². The molecule has 0 aromatic heterocycles. The van der Waals surface area contributed by atoms with Gasteiger partial charge in [-0.3, -0.25) is 0 Å². The smallest absolute Gasteiger partial charge is 0.0546 e. The topological polar surface area (TPSA) is 3.24 Å². The fourth-order valence-corrected chi connectivity index (χ4v) is 7.91. The third-order valence-electron chi connectivity index (χ3n) is 10.3. The Kier molecular flexibility index (Phi) is 6.67. The molecule has 0 saturated heterocycles. The van der Waals surface area contributed by atoms with Crippen molar-refractivity contribution in [2.45, 2.75) is 52.4 Å². The molecule has 0 radical (unpaired) electrons. The molecule has 1 aliphatic rings. The summed E-state index contributed by atoms with van der Waals surface area (Å²) in [5.41, 5.74) is 14.1. The molecule has 0 unspecified atom stereocenters. The highest BCUT2D eigenvalue weighted by atomic mass is 15.1. The molecule has 1 heteroatoms. The largest absolute Gasteiger partial charge is 0.309 e. The van der Waals surface area contributed by atoms with Crippen LogP contribution in [-0.4, -0.2) is 0 Å². The van der Waals surface area contributed by atoms with E-state index >= 15 is 0 Å². The first kappa shape index (κ1) is 29.3. The predicted molar refractivity (Wildman–Crippen MR) is 203 cm³/mol. The van der Waals surface area contributed by atoms with Crippen molar-refractivity contribution in [2.24, 2.45) is 0 Å². The van der Waals surface area contributed by atoms with E-state index in [0.717, 1.165) is 0 Å². The second-order valence-corrected chi connectivity index (χ2v) is 14.7. The minimum Gasteiger partial charge on any atom is -0.309 e. The van der Waals surface area contributed by atoms with Crippen molar-refractivity contribution in [3.63, 3.8) is 0 Å². The molecule has 230 valence electrons. The van der Waals surface area contributed by atoms with Gasteiger partial charge in [0.15, 0.2) is 0 Å². The third kappa shape index (κ3) is 4.68. The number of hydrogen-bond acceptors (Lipinski definition) is 1. The first-order chi connectivity index (χ1) is 22.6. The van der Waals surface area contributed by atoms with Crippen LogP contribution in [0.15, 0.2) is 140 Å². The molecule has 7 aromatic carbocycles. The Balaban J connectivity index is 1.47. The van der Waals surface area contributed by atoms with Crippen molar-refractivity contribution in [3.05, 3.63) is 162 Å². The van der Waals surface area contributed by atoms with Crippen LogP contribution in [0.4, 0.5) is 17.1 Å². The lowest BCUT2D eigenvalue weighted by molar-refractivity contribution is 0.592. The maximum Gasteiger partial charge on any atom is 0.0546 e. The maximum atomic E-state index is 2.52. The second kappa shape index (κ2) is 10.7. The van der Waals surface area contributed by atoms with E-state index in [1.165, 1.54) is 83.1 Å². The van der Waals surface area contributed by atoms with Gasteiger partial charge in [0.2, 0.25) is 0 Å². The number of hydrogen-bond donors (Lipinski definition) is 0. The predicted octanol–water partition coefficient (Wildman–Crippen LogP) is 13.0. The molecule has 0 spiro atoms. The Hall–Kier alpha value is -5.14. The van der Waals surface area contributed by atoms with Gasteiger partial charge in [-0.05, 0) is 97.8 Å². The monoisotopic (exact) mass is 607 g/mol. The maximum absolute atomic E-state index is 2.52. The highest BCUT2D eigenvalue weighted by Crippen LogP contribution is 2.53. The van der Waals surface area contributed by atoms with Gasteiger partial charge in [-0.25, -0.2) is 0 Å². The van der Waals surface area contributed by atoms with Gasteiger partial charge in [-0.15, -0.1) is 0 Å². The van der Waals surface area contributed by atoms with E-state index in [1.54, 1.807) is 0 Å². The van der Waals surface area contributed by atoms with Crippen LogP contribution < -0.4 is 4.90 Å². The van der Waals surface area contributed by atoms with E-state index in [1.807, 2.05) is 0 Å². The van der Waals surface area contributed by atoms with Crippen LogP contribution in [0.25, 0.3) is 43.8 Å². The summed E-state index contributed by atoms with van der Waals surface area (Å²) in [6.07, 6.45) is 0. The van der Waals surface area contributed by atoms with Crippen molar-refractivity contribution in [1.82, 2.24) is 0 Å². The van der Waals surface area contributed by atoms with E-state index < -0.39 is 0 Å². The minimum atomic E-state index is -0.109. The minimum absolute atomic E-state index is 0.0228. The molecule has 0 saturated carbocycles. The number of anilines is 3. The standard InChI is InChI=1S/C46H41N/c1-30-15-13-23-40-44(30)37-26-25-34(29-41(37)46(40,5)6)47(42-24-14-19-31-16-9-10-20-35(31)42)43-28-33-18-8-7-17-32(33)27-38(43)36-21-11-12-22-39(36)45(2,3)4/h7-29H,1-6H3. The average molecular weight is 608 g/mol. The molecule has 0 fully saturated rings. The second-order valence-electron chi connectivity index (χ2n) is 14.7. The SMILES string of the molecule is Cc1cccc2c1-c1ccc(N(c3cc4ccccc4cc3-c3ccccc3C(C)(C)C)c3cccc4ccccc34)cc1C2(C)C. The first-order valence-electron chi connectivity index (χ1n) is 16.8. The summed E-state index contributed by atoms with van der Waals surface area (Å²) in [5, 5.41) is 4.94. The van der Waals surface area contributed by atoms with Gasteiger partial charge in [0.1, 0.15) is 0 Å². The molecule has 0 amide bonds. The van der Waals surface area contributed by atoms with Gasteiger partial charge < -0.3 is 4.90 Å². The molecule has 0 bridgehead atoms. The van der Waals surface area contributed by atoms with E-state index in [2.05, 4.69) is 186 Å². The summed E-state index contributed by atoms with van der Waals surface area (Å²) in [5.74, 6) is 0. The average Bonchev–Trinajstić information content (AvgIpc) is 3.31. The third-order valence-corrected chi connectivity index (χ3v) is 10.3. The van der Waals surface area contributed by atoms with Crippen LogP contribution in [-0.2, 0) is 10.8 Å². The molecule has 7 aromatic rings. The van der Waals surface area contributed by atoms with Gasteiger partial charge in [-0.2, -0.15) is 0 Å². The van der Waals surface area contributed by atoms with E-state index in [0.29, 0.717) is 0 Å². The van der Waals surface area contributed by atoms with Crippen molar-refractivity contribution in [2.75, 3.05) is 4.90 Å². The summed E-state index contributed by atoms with van der Waals surface area (Å²) in [7, 11) is 0. The van der Waals surface area contributed by atoms with Crippen LogP contribution in [0.5, 0.6) is 0 Å². The van der Waals surface area contributed by atoms with Crippen LogP contribution in [0.1, 0.15) is 56.9 Å². The van der Waals surface area contributed by atoms with Crippen molar-refractivity contribution < 1.29 is 0 Å². The Morgan fingerprint density at radius 3 is 1.96 bits per heavy atom. The quantitative estimate of drug-likeness (QED) is 0.192. The van der Waals surface area contributed by atoms with Gasteiger partial charge in [0, 0.05) is 22.1 Å². The van der Waals surface area contributed by atoms with Crippen LogP contribution >= 0.6 is 0 Å². The van der Waals surface area contributed by atoms with Gasteiger partial charge in [0.25, 0.3) is 0 Å². The van der Waals surface area contributed by atoms with E-state index in [-0.39, 0.29) is 10.8 Å². The lowest BCUT2D eigenvalue weighted by Gasteiger charge is -2.32. The summed E-state index contributed by atoms with van der Waals surface area (Å²) in [6.45, 7) is 14.0. The Labute approximate surface area is 279 Å². The lowest BCUT2D eigenvalue weighted by Crippen LogP contribution is -2.17. The van der Waals surface area contributed by atoms with Crippen molar-refractivity contribution in [3.8, 4) is 22.3 Å².